The Balaban J connectivity index is 1.14. The summed E-state index contributed by atoms with van der Waals surface area (Å²) in [5, 5.41) is 2.35. The second kappa shape index (κ2) is 7.93. The molecule has 6 nitrogen and oxygen atoms in total. The Kier molecular flexibility index (Phi) is 4.80. The van der Waals surface area contributed by atoms with Gasteiger partial charge in [0.05, 0.1) is 12.1 Å². The average Bonchev–Trinajstić information content (AvgIpc) is 3.38. The van der Waals surface area contributed by atoms with E-state index in [4.69, 9.17) is 9.82 Å². The second-order valence-electron chi connectivity index (χ2n) is 8.97. The first-order valence-corrected chi connectivity index (χ1v) is 11.4. The van der Waals surface area contributed by atoms with Crippen LogP contribution in [0.1, 0.15) is 49.3 Å². The summed E-state index contributed by atoms with van der Waals surface area (Å²) in [7, 11) is 0. The summed E-state index contributed by atoms with van der Waals surface area (Å²) in [4.78, 5) is 18.9. The third-order valence-corrected chi connectivity index (χ3v) is 6.95. The van der Waals surface area contributed by atoms with Crippen LogP contribution in [0.2, 0.25) is 0 Å². The summed E-state index contributed by atoms with van der Waals surface area (Å²) in [6.07, 6.45) is 13.9. The fourth-order valence-electron chi connectivity index (χ4n) is 5.27. The summed E-state index contributed by atoms with van der Waals surface area (Å²) in [5.41, 5.74) is 7.76. The molecule has 2 aliphatic rings. The SMILES string of the molecule is c1ncc2ccn([C@@H]3CC[C@H](CCc4ccc5cc6c(nc5c4)NOCCC6)C3)c2n1. The molecule has 1 aliphatic heterocycles. The summed E-state index contributed by atoms with van der Waals surface area (Å²) >= 11 is 0. The molecule has 3 aromatic heterocycles. The number of nitrogens with one attached hydrogen (secondary N) is 1. The minimum absolute atomic E-state index is 0.553. The van der Waals surface area contributed by atoms with Crippen molar-refractivity contribution in [1.82, 2.24) is 19.5 Å². The molecule has 6 rings (SSSR count). The van der Waals surface area contributed by atoms with E-state index in [0.29, 0.717) is 6.04 Å². The van der Waals surface area contributed by atoms with Gasteiger partial charge in [0.15, 0.2) is 5.82 Å². The Morgan fingerprint density at radius 1 is 1.13 bits per heavy atom. The number of aromatic nitrogens is 4. The van der Waals surface area contributed by atoms with E-state index < -0.39 is 0 Å². The predicted octanol–water partition coefficient (Wildman–Crippen LogP) is 5.24. The maximum atomic E-state index is 5.46. The molecule has 1 fully saturated rings. The van der Waals surface area contributed by atoms with Crippen LogP contribution in [0.25, 0.3) is 21.9 Å². The predicted molar refractivity (Wildman–Crippen MR) is 122 cm³/mol. The van der Waals surface area contributed by atoms with Crippen LogP contribution in [0.4, 0.5) is 5.82 Å². The Bertz CT molecular complexity index is 1230. The summed E-state index contributed by atoms with van der Waals surface area (Å²) in [6, 6.07) is 11.7. The van der Waals surface area contributed by atoms with Gasteiger partial charge in [-0.15, -0.1) is 0 Å². The Hall–Kier alpha value is -2.99. The van der Waals surface area contributed by atoms with Crippen LogP contribution in [0.3, 0.4) is 0 Å². The number of anilines is 1. The lowest BCUT2D eigenvalue weighted by molar-refractivity contribution is 0.195. The van der Waals surface area contributed by atoms with Crippen molar-refractivity contribution < 1.29 is 4.84 Å². The van der Waals surface area contributed by atoms with Crippen molar-refractivity contribution >= 4 is 27.8 Å². The third kappa shape index (κ3) is 3.65. The smallest absolute Gasteiger partial charge is 0.153 e. The Labute approximate surface area is 181 Å². The quantitative estimate of drug-likeness (QED) is 0.495. The molecule has 1 saturated carbocycles. The highest BCUT2D eigenvalue weighted by molar-refractivity contribution is 5.82. The zero-order valence-electron chi connectivity index (χ0n) is 17.6. The molecule has 1 aromatic carbocycles. The van der Waals surface area contributed by atoms with Crippen molar-refractivity contribution in [1.29, 1.82) is 0 Å². The molecule has 6 heteroatoms. The van der Waals surface area contributed by atoms with E-state index in [-0.39, 0.29) is 0 Å². The van der Waals surface area contributed by atoms with E-state index in [1.165, 1.54) is 42.2 Å². The van der Waals surface area contributed by atoms with Crippen LogP contribution in [0.5, 0.6) is 0 Å². The molecule has 1 N–H and O–H groups in total. The fraction of sp³-hybridized carbons (Fsp3) is 0.400. The lowest BCUT2D eigenvalue weighted by Gasteiger charge is -2.14. The van der Waals surface area contributed by atoms with Crippen molar-refractivity contribution in [3.8, 4) is 0 Å². The van der Waals surface area contributed by atoms with E-state index in [9.17, 15) is 0 Å². The van der Waals surface area contributed by atoms with Crippen LogP contribution in [0.15, 0.2) is 49.1 Å². The van der Waals surface area contributed by atoms with Gasteiger partial charge in [-0.3, -0.25) is 4.84 Å². The van der Waals surface area contributed by atoms with Gasteiger partial charge in [-0.1, -0.05) is 12.1 Å². The minimum Gasteiger partial charge on any atom is -0.329 e. The highest BCUT2D eigenvalue weighted by Gasteiger charge is 2.26. The van der Waals surface area contributed by atoms with Gasteiger partial charge in [-0.25, -0.2) is 20.4 Å². The van der Waals surface area contributed by atoms with E-state index in [1.54, 1.807) is 6.33 Å². The molecule has 0 bridgehead atoms. The maximum absolute atomic E-state index is 5.46. The van der Waals surface area contributed by atoms with E-state index >= 15 is 0 Å². The van der Waals surface area contributed by atoms with Gasteiger partial charge < -0.3 is 4.57 Å². The van der Waals surface area contributed by atoms with Crippen LogP contribution in [0, 0.1) is 5.92 Å². The summed E-state index contributed by atoms with van der Waals surface area (Å²) < 4.78 is 2.36. The number of hydrogen-bond donors (Lipinski definition) is 1. The highest BCUT2D eigenvalue weighted by atomic mass is 16.6. The molecular weight excluding hydrogens is 386 g/mol. The molecule has 31 heavy (non-hydrogen) atoms. The van der Waals surface area contributed by atoms with Gasteiger partial charge in [0.1, 0.15) is 12.0 Å². The number of hydrogen-bond acceptors (Lipinski definition) is 5. The normalized spacial score (nSPS) is 21.2. The fourth-order valence-corrected chi connectivity index (χ4v) is 5.27. The summed E-state index contributed by atoms with van der Waals surface area (Å²) in [5.74, 6) is 1.64. The monoisotopic (exact) mass is 413 g/mol. The average molecular weight is 414 g/mol. The molecule has 0 unspecified atom stereocenters. The Morgan fingerprint density at radius 3 is 3.13 bits per heavy atom. The van der Waals surface area contributed by atoms with Gasteiger partial charge in [0.25, 0.3) is 0 Å². The Morgan fingerprint density at radius 2 is 2.13 bits per heavy atom. The van der Waals surface area contributed by atoms with E-state index in [2.05, 4.69) is 56.5 Å². The number of rotatable bonds is 4. The molecule has 0 spiro atoms. The zero-order chi connectivity index (χ0) is 20.6. The van der Waals surface area contributed by atoms with Crippen molar-refractivity contribution in [2.24, 2.45) is 5.92 Å². The zero-order valence-corrected chi connectivity index (χ0v) is 17.6. The maximum Gasteiger partial charge on any atom is 0.153 e. The number of pyridine rings is 1. The van der Waals surface area contributed by atoms with Gasteiger partial charge >= 0.3 is 0 Å². The van der Waals surface area contributed by atoms with Gasteiger partial charge in [0, 0.05) is 29.2 Å². The van der Waals surface area contributed by atoms with Crippen molar-refractivity contribution in [2.75, 3.05) is 12.1 Å². The van der Waals surface area contributed by atoms with E-state index in [0.717, 1.165) is 54.2 Å². The molecule has 2 atom stereocenters. The molecule has 1 aliphatic carbocycles. The molecule has 4 heterocycles. The number of benzene rings is 1. The van der Waals surface area contributed by atoms with Crippen LogP contribution >= 0.6 is 0 Å². The first-order valence-electron chi connectivity index (χ1n) is 11.4. The van der Waals surface area contributed by atoms with Gasteiger partial charge in [-0.2, -0.15) is 0 Å². The first-order chi connectivity index (χ1) is 15.3. The van der Waals surface area contributed by atoms with Crippen LogP contribution in [-0.2, 0) is 17.7 Å². The minimum atomic E-state index is 0.553. The number of nitrogens with zero attached hydrogens (tertiary/aromatic N) is 4. The standard InChI is InChI=1S/C25H27N5O/c1-2-20-14-19-7-5-18(13-23(19)28-24(20)29-31-11-1)4-3-17-6-8-22(12-17)30-10-9-21-15-26-16-27-25(21)30/h5,7,9-10,13-17,22H,1-4,6,8,11-12H2,(H,28,29)/t17-,22+/m0/s1. The second-order valence-corrected chi connectivity index (χ2v) is 8.97. The molecule has 0 saturated heterocycles. The molecule has 4 aromatic rings. The molecule has 158 valence electrons. The van der Waals surface area contributed by atoms with Gasteiger partial charge in [-0.05, 0) is 80.2 Å². The molecule has 0 amide bonds. The number of aryl methyl sites for hydroxylation is 2. The van der Waals surface area contributed by atoms with Crippen LogP contribution in [-0.4, -0.2) is 26.1 Å². The number of fused-ring (bicyclic) bond motifs is 3. The van der Waals surface area contributed by atoms with Gasteiger partial charge in [0.2, 0.25) is 0 Å². The topological polar surface area (TPSA) is 64.9 Å². The first kappa shape index (κ1) is 18.8. The lowest BCUT2D eigenvalue weighted by Crippen LogP contribution is -2.05. The summed E-state index contributed by atoms with van der Waals surface area (Å²) in [6.45, 7) is 0.728. The highest BCUT2D eigenvalue weighted by Crippen LogP contribution is 2.38. The molecular formula is C25H27N5O. The van der Waals surface area contributed by atoms with Crippen molar-refractivity contribution in [2.45, 2.75) is 51.0 Å². The third-order valence-electron chi connectivity index (χ3n) is 6.95. The van der Waals surface area contributed by atoms with Crippen LogP contribution < -0.4 is 5.48 Å². The molecule has 0 radical (unpaired) electrons. The largest absolute Gasteiger partial charge is 0.329 e. The lowest BCUT2D eigenvalue weighted by atomic mass is 9.97. The van der Waals surface area contributed by atoms with Crippen molar-refractivity contribution in [3.63, 3.8) is 0 Å². The van der Waals surface area contributed by atoms with E-state index in [1.807, 2.05) is 6.20 Å². The van der Waals surface area contributed by atoms with Crippen molar-refractivity contribution in [3.05, 3.63) is 60.2 Å².